The van der Waals surface area contributed by atoms with Crippen molar-refractivity contribution in [2.75, 3.05) is 32.8 Å². The molecule has 1 heterocycles. The molecule has 0 bridgehead atoms. The van der Waals surface area contributed by atoms with Crippen LogP contribution < -0.4 is 11.5 Å². The molecule has 1 aromatic carbocycles. The van der Waals surface area contributed by atoms with Crippen LogP contribution in [0.15, 0.2) is 24.3 Å². The van der Waals surface area contributed by atoms with E-state index in [-0.39, 0.29) is 22.5 Å². The van der Waals surface area contributed by atoms with Gasteiger partial charge in [0.1, 0.15) is 11.6 Å². The summed E-state index contributed by atoms with van der Waals surface area (Å²) in [5.41, 5.74) is 14.5. The summed E-state index contributed by atoms with van der Waals surface area (Å²) in [7, 11) is 4.50. The molecule has 0 aliphatic heterocycles. The monoisotopic (exact) mass is 406 g/mol. The molecule has 0 saturated heterocycles. The van der Waals surface area contributed by atoms with Gasteiger partial charge in [0.15, 0.2) is 11.1 Å². The number of aryl methyl sites for hydroxylation is 1. The quantitative estimate of drug-likeness (QED) is 0.330. The summed E-state index contributed by atoms with van der Waals surface area (Å²) >= 11 is 5.02. The summed E-state index contributed by atoms with van der Waals surface area (Å²) in [6.45, 7) is 0. The van der Waals surface area contributed by atoms with Gasteiger partial charge >= 0.3 is 5.97 Å². The third kappa shape index (κ3) is 5.28. The number of nitrogens with one attached hydrogen (secondary N) is 1. The highest BCUT2D eigenvalue weighted by atomic mass is 32.1. The molecule has 2 aromatic rings. The van der Waals surface area contributed by atoms with Crippen LogP contribution in [0.25, 0.3) is 0 Å². The number of rotatable bonds is 9. The first-order valence-electron chi connectivity index (χ1n) is 8.79. The Morgan fingerprint density at radius 1 is 1.18 bits per heavy atom. The Kier molecular flexibility index (Phi) is 7.91. The van der Waals surface area contributed by atoms with E-state index in [0.717, 1.165) is 18.4 Å². The normalized spacial score (nSPS) is 12.1. The third-order valence-corrected chi connectivity index (χ3v) is 4.74. The number of H-pyrrole nitrogens is 1. The zero-order valence-electron chi connectivity index (χ0n) is 16.2. The van der Waals surface area contributed by atoms with Crippen LogP contribution in [0.1, 0.15) is 40.2 Å². The minimum absolute atomic E-state index is 0.219. The molecule has 0 radical (unpaired) electrons. The number of anilines is 2. The molecule has 0 saturated carbocycles. The fourth-order valence-electron chi connectivity index (χ4n) is 3.20. The van der Waals surface area contributed by atoms with Crippen LogP contribution in [0.2, 0.25) is 0 Å². The maximum absolute atomic E-state index is 11.5. The number of aromatic nitrogens is 2. The van der Waals surface area contributed by atoms with E-state index in [0.29, 0.717) is 23.4 Å². The van der Waals surface area contributed by atoms with Crippen molar-refractivity contribution in [1.29, 1.82) is 0 Å². The summed E-state index contributed by atoms with van der Waals surface area (Å²) < 4.78 is 15.9. The lowest BCUT2D eigenvalue weighted by Gasteiger charge is -2.26. The zero-order valence-corrected chi connectivity index (χ0v) is 17.0. The van der Waals surface area contributed by atoms with Crippen molar-refractivity contribution in [2.24, 2.45) is 0 Å². The summed E-state index contributed by atoms with van der Waals surface area (Å²) in [4.78, 5) is 18.5. The third-order valence-electron chi connectivity index (χ3n) is 4.55. The molecule has 1 unspecified atom stereocenters. The fourth-order valence-corrected chi connectivity index (χ4v) is 3.41. The number of nitrogens with zero attached hydrogens (tertiary/aromatic N) is 1. The average Bonchev–Trinajstić information content (AvgIpc) is 2.67. The van der Waals surface area contributed by atoms with Gasteiger partial charge in [0.05, 0.1) is 12.7 Å². The smallest absolute Gasteiger partial charge is 0.337 e. The van der Waals surface area contributed by atoms with Crippen molar-refractivity contribution < 1.29 is 19.0 Å². The molecule has 152 valence electrons. The molecule has 1 atom stereocenters. The Hall–Kier alpha value is -2.49. The van der Waals surface area contributed by atoms with E-state index >= 15 is 0 Å². The molecule has 5 N–H and O–H groups in total. The van der Waals surface area contributed by atoms with E-state index in [1.165, 1.54) is 7.11 Å². The predicted molar refractivity (Wildman–Crippen MR) is 110 cm³/mol. The number of aromatic amines is 1. The van der Waals surface area contributed by atoms with Crippen LogP contribution in [0, 0.1) is 4.77 Å². The van der Waals surface area contributed by atoms with Crippen molar-refractivity contribution in [3.05, 3.63) is 45.7 Å². The van der Waals surface area contributed by atoms with Gasteiger partial charge in [-0.15, -0.1) is 0 Å². The lowest BCUT2D eigenvalue weighted by Crippen LogP contribution is -2.26. The minimum atomic E-state index is -0.530. The van der Waals surface area contributed by atoms with Gasteiger partial charge in [0.25, 0.3) is 0 Å². The van der Waals surface area contributed by atoms with E-state index in [1.807, 2.05) is 12.1 Å². The number of ether oxygens (including phenoxy) is 3. The van der Waals surface area contributed by atoms with Gasteiger partial charge in [-0.1, -0.05) is 12.1 Å². The number of nitrogens with two attached hydrogens (primary N) is 2. The number of carbonyl (C=O) groups is 1. The number of benzene rings is 1. The summed E-state index contributed by atoms with van der Waals surface area (Å²) in [6, 6.07) is 7.33. The topological polar surface area (TPSA) is 125 Å². The summed E-state index contributed by atoms with van der Waals surface area (Å²) in [5.74, 6) is 0.0648. The summed E-state index contributed by atoms with van der Waals surface area (Å²) in [6.07, 6.45) is 1.79. The zero-order chi connectivity index (χ0) is 20.7. The molecule has 0 aliphatic carbocycles. The average molecular weight is 407 g/mol. The first-order valence-corrected chi connectivity index (χ1v) is 9.20. The van der Waals surface area contributed by atoms with Crippen LogP contribution in [0.4, 0.5) is 11.6 Å². The Labute approximate surface area is 169 Å². The number of hydrogen-bond acceptors (Lipinski definition) is 8. The second-order valence-corrected chi connectivity index (χ2v) is 6.67. The van der Waals surface area contributed by atoms with Crippen molar-refractivity contribution in [2.45, 2.75) is 31.5 Å². The molecule has 28 heavy (non-hydrogen) atoms. The van der Waals surface area contributed by atoms with Crippen LogP contribution in [-0.2, 0) is 20.6 Å². The first kappa shape index (κ1) is 21.8. The maximum atomic E-state index is 11.5. The van der Waals surface area contributed by atoms with Crippen LogP contribution >= 0.6 is 12.2 Å². The standard InChI is InChI=1S/C19H26N4O4S/c1-25-17(24)12-9-7-11(8-10-12)5-4-6-13(18(26-2)27-3)14-15(20)22-19(28)23-16(14)21/h7-10,13,18H,4-6H2,1-3H3,(H5,20,21,22,23,28). The summed E-state index contributed by atoms with van der Waals surface area (Å²) in [5, 5.41) is 0. The molecule has 0 amide bonds. The van der Waals surface area contributed by atoms with Crippen molar-refractivity contribution in [3.63, 3.8) is 0 Å². The van der Waals surface area contributed by atoms with Gasteiger partial charge in [-0.05, 0) is 49.2 Å². The molecule has 2 rings (SSSR count). The largest absolute Gasteiger partial charge is 0.465 e. The number of methoxy groups -OCH3 is 3. The van der Waals surface area contributed by atoms with Gasteiger partial charge in [-0.3, -0.25) is 0 Å². The van der Waals surface area contributed by atoms with Crippen molar-refractivity contribution in [1.82, 2.24) is 9.97 Å². The molecule has 8 nitrogen and oxygen atoms in total. The second-order valence-electron chi connectivity index (χ2n) is 6.28. The van der Waals surface area contributed by atoms with Crippen molar-refractivity contribution >= 4 is 29.8 Å². The lowest BCUT2D eigenvalue weighted by atomic mass is 9.92. The van der Waals surface area contributed by atoms with Crippen molar-refractivity contribution in [3.8, 4) is 0 Å². The lowest BCUT2D eigenvalue weighted by molar-refractivity contribution is -0.119. The molecule has 9 heteroatoms. The Morgan fingerprint density at radius 2 is 1.82 bits per heavy atom. The minimum Gasteiger partial charge on any atom is -0.465 e. The highest BCUT2D eigenvalue weighted by Gasteiger charge is 2.27. The van der Waals surface area contributed by atoms with Gasteiger partial charge in [0.2, 0.25) is 0 Å². The van der Waals surface area contributed by atoms with E-state index in [2.05, 4.69) is 9.97 Å². The SMILES string of the molecule is COC(=O)c1ccc(CCCC(c2c(N)nc(=S)[nH]c2N)C(OC)OC)cc1. The first-order chi connectivity index (χ1) is 13.4. The molecular formula is C19H26N4O4S. The van der Waals surface area contributed by atoms with Crippen LogP contribution in [0.5, 0.6) is 0 Å². The highest BCUT2D eigenvalue weighted by molar-refractivity contribution is 7.71. The highest BCUT2D eigenvalue weighted by Crippen LogP contribution is 2.34. The van der Waals surface area contributed by atoms with E-state index < -0.39 is 6.29 Å². The molecule has 1 aromatic heterocycles. The van der Waals surface area contributed by atoms with Gasteiger partial charge in [-0.25, -0.2) is 9.78 Å². The predicted octanol–water partition coefficient (Wildman–Crippen LogP) is 2.82. The van der Waals surface area contributed by atoms with Gasteiger partial charge in [-0.2, -0.15) is 0 Å². The van der Waals surface area contributed by atoms with Crippen LogP contribution in [-0.4, -0.2) is 43.6 Å². The fraction of sp³-hybridized carbons (Fsp3) is 0.421. The molecule has 0 spiro atoms. The van der Waals surface area contributed by atoms with E-state index in [9.17, 15) is 4.79 Å². The van der Waals surface area contributed by atoms with E-state index in [4.69, 9.17) is 37.9 Å². The Morgan fingerprint density at radius 3 is 2.36 bits per heavy atom. The number of carbonyl (C=O) groups excluding carboxylic acids is 1. The molecule has 0 aliphatic rings. The second kappa shape index (κ2) is 10.2. The molecule has 0 fully saturated rings. The number of hydrogen-bond donors (Lipinski definition) is 3. The molecular weight excluding hydrogens is 380 g/mol. The Bertz CT molecular complexity index is 824. The van der Waals surface area contributed by atoms with Gasteiger partial charge < -0.3 is 30.7 Å². The number of nitrogen functional groups attached to an aromatic ring is 2. The Balaban J connectivity index is 2.14. The number of esters is 1. The van der Waals surface area contributed by atoms with Crippen LogP contribution in [0.3, 0.4) is 0 Å². The maximum Gasteiger partial charge on any atom is 0.337 e. The van der Waals surface area contributed by atoms with Gasteiger partial charge in [0, 0.05) is 25.7 Å². The van der Waals surface area contributed by atoms with E-state index in [1.54, 1.807) is 26.4 Å².